The third kappa shape index (κ3) is 4.45. The van der Waals surface area contributed by atoms with Gasteiger partial charge in [-0.05, 0) is 31.2 Å². The molecule has 148 valence electrons. The Morgan fingerprint density at radius 3 is 2.25 bits per heavy atom. The van der Waals surface area contributed by atoms with Crippen molar-refractivity contribution in [2.24, 2.45) is 11.5 Å². The predicted molar refractivity (Wildman–Crippen MR) is 104 cm³/mol. The third-order valence-corrected chi connectivity index (χ3v) is 4.51. The zero-order chi connectivity index (χ0) is 20.3. The number of amides is 2. The molecule has 1 aliphatic heterocycles. The quantitative estimate of drug-likeness (QED) is 0.651. The van der Waals surface area contributed by atoms with Crippen LogP contribution in [-0.4, -0.2) is 54.0 Å². The first-order valence-electron chi connectivity index (χ1n) is 8.83. The van der Waals surface area contributed by atoms with Crippen LogP contribution in [0.2, 0.25) is 0 Å². The van der Waals surface area contributed by atoms with Crippen LogP contribution in [0.15, 0.2) is 30.3 Å². The van der Waals surface area contributed by atoms with Crippen molar-refractivity contribution in [3.05, 3.63) is 41.8 Å². The van der Waals surface area contributed by atoms with Crippen molar-refractivity contribution in [3.63, 3.8) is 0 Å². The van der Waals surface area contributed by atoms with E-state index in [0.717, 1.165) is 5.69 Å². The molecule has 1 saturated heterocycles. The van der Waals surface area contributed by atoms with Gasteiger partial charge in [0.05, 0.1) is 0 Å². The van der Waals surface area contributed by atoms with Gasteiger partial charge in [0.15, 0.2) is 0 Å². The fraction of sp³-hybridized carbons (Fsp3) is 0.333. The van der Waals surface area contributed by atoms with Crippen molar-refractivity contribution in [3.8, 4) is 0 Å². The zero-order valence-electron chi connectivity index (χ0n) is 15.4. The van der Waals surface area contributed by atoms with Gasteiger partial charge in [0.2, 0.25) is 11.9 Å². The maximum Gasteiger partial charge on any atom is 0.267 e. The molecule has 2 amide bonds. The van der Waals surface area contributed by atoms with Gasteiger partial charge in [-0.3, -0.25) is 9.59 Å². The number of primary amides is 2. The number of halogens is 1. The molecule has 5 N–H and O–H groups in total. The number of aromatic nitrogens is 2. The highest BCUT2D eigenvalue weighted by molar-refractivity contribution is 5.92. The lowest BCUT2D eigenvalue weighted by Crippen LogP contribution is -2.47. The molecule has 28 heavy (non-hydrogen) atoms. The molecule has 1 aromatic carbocycles. The fourth-order valence-electron chi connectivity index (χ4n) is 2.89. The van der Waals surface area contributed by atoms with Gasteiger partial charge in [0.25, 0.3) is 5.91 Å². The van der Waals surface area contributed by atoms with E-state index in [-0.39, 0.29) is 11.5 Å². The lowest BCUT2D eigenvalue weighted by Gasteiger charge is -2.36. The number of rotatable bonds is 6. The van der Waals surface area contributed by atoms with Crippen LogP contribution in [0.1, 0.15) is 17.4 Å². The van der Waals surface area contributed by atoms with Gasteiger partial charge in [0, 0.05) is 37.9 Å². The average Bonchev–Trinajstić information content (AvgIpc) is 2.68. The van der Waals surface area contributed by atoms with Gasteiger partial charge in [-0.1, -0.05) is 0 Å². The highest BCUT2D eigenvalue weighted by atomic mass is 19.1. The van der Waals surface area contributed by atoms with Gasteiger partial charge in [-0.2, -0.15) is 4.98 Å². The Balaban J connectivity index is 1.75. The van der Waals surface area contributed by atoms with Crippen LogP contribution < -0.4 is 26.6 Å². The highest BCUT2D eigenvalue weighted by Crippen LogP contribution is 2.20. The van der Waals surface area contributed by atoms with Crippen LogP contribution in [-0.2, 0) is 4.79 Å². The molecule has 1 aromatic heterocycles. The van der Waals surface area contributed by atoms with Crippen molar-refractivity contribution in [2.45, 2.75) is 13.0 Å². The van der Waals surface area contributed by atoms with E-state index >= 15 is 0 Å². The summed E-state index contributed by atoms with van der Waals surface area (Å²) in [5.74, 6) is -0.873. The number of nitrogens with one attached hydrogen (secondary N) is 1. The first-order valence-corrected chi connectivity index (χ1v) is 8.83. The molecule has 9 nitrogen and oxygen atoms in total. The summed E-state index contributed by atoms with van der Waals surface area (Å²) < 4.78 is 13.1. The Labute approximate surface area is 161 Å². The summed E-state index contributed by atoms with van der Waals surface area (Å²) in [6.07, 6.45) is 0. The standard InChI is InChI=1S/C18H22FN7O2/c1-11(16(20)27)22-15-10-14(17(21)28)23-18(24-15)26-8-6-25(7-9-26)13-4-2-12(19)3-5-13/h2-5,10-11H,6-9H2,1H3,(H2,20,27)(H2,21,28)(H,22,23,24). The maximum absolute atomic E-state index is 13.1. The van der Waals surface area contributed by atoms with E-state index in [9.17, 15) is 14.0 Å². The molecule has 1 unspecified atom stereocenters. The number of piperazine rings is 1. The summed E-state index contributed by atoms with van der Waals surface area (Å²) in [6, 6.07) is 7.06. The molecule has 10 heteroatoms. The summed E-state index contributed by atoms with van der Waals surface area (Å²) in [5.41, 5.74) is 11.6. The second-order valence-corrected chi connectivity index (χ2v) is 6.52. The lowest BCUT2D eigenvalue weighted by molar-refractivity contribution is -0.118. The molecule has 0 aliphatic carbocycles. The smallest absolute Gasteiger partial charge is 0.267 e. The van der Waals surface area contributed by atoms with E-state index in [2.05, 4.69) is 20.2 Å². The first-order chi connectivity index (χ1) is 13.3. The van der Waals surface area contributed by atoms with Gasteiger partial charge in [-0.15, -0.1) is 0 Å². The van der Waals surface area contributed by atoms with Crippen LogP contribution in [0.3, 0.4) is 0 Å². The number of benzene rings is 1. The number of nitrogens with zero attached hydrogens (tertiary/aromatic N) is 4. The molecule has 1 aliphatic rings. The molecule has 0 saturated carbocycles. The SMILES string of the molecule is CC(Nc1cc(C(N)=O)nc(N2CCN(c3ccc(F)cc3)CC2)n1)C(N)=O. The molecule has 1 fully saturated rings. The Morgan fingerprint density at radius 1 is 1.07 bits per heavy atom. The summed E-state index contributed by atoms with van der Waals surface area (Å²) in [7, 11) is 0. The van der Waals surface area contributed by atoms with Crippen molar-refractivity contribution in [1.82, 2.24) is 9.97 Å². The number of nitrogens with two attached hydrogens (primary N) is 2. The molecule has 1 atom stereocenters. The minimum absolute atomic E-state index is 0.0464. The minimum atomic E-state index is -0.691. The van der Waals surface area contributed by atoms with Crippen LogP contribution in [0.25, 0.3) is 0 Å². The van der Waals surface area contributed by atoms with Crippen LogP contribution >= 0.6 is 0 Å². The van der Waals surface area contributed by atoms with E-state index in [0.29, 0.717) is 37.9 Å². The second-order valence-electron chi connectivity index (χ2n) is 6.52. The van der Waals surface area contributed by atoms with E-state index < -0.39 is 17.9 Å². The molecule has 3 rings (SSSR count). The maximum atomic E-state index is 13.1. The predicted octanol–water partition coefficient (Wildman–Crippen LogP) is 0.327. The van der Waals surface area contributed by atoms with E-state index in [1.54, 1.807) is 19.1 Å². The lowest BCUT2D eigenvalue weighted by atomic mass is 10.2. The van der Waals surface area contributed by atoms with E-state index in [1.807, 2.05) is 4.90 Å². The molecule has 0 radical (unpaired) electrons. The van der Waals surface area contributed by atoms with Gasteiger partial charge in [-0.25, -0.2) is 9.37 Å². The first kappa shape index (κ1) is 19.3. The second kappa shape index (κ2) is 8.07. The summed E-state index contributed by atoms with van der Waals surface area (Å²) in [5, 5.41) is 2.85. The Hall–Kier alpha value is -3.43. The fourth-order valence-corrected chi connectivity index (χ4v) is 2.89. The average molecular weight is 387 g/mol. The molecule has 2 aromatic rings. The Bertz CT molecular complexity index is 867. The topological polar surface area (TPSA) is 130 Å². The van der Waals surface area contributed by atoms with Gasteiger partial charge < -0.3 is 26.6 Å². The summed E-state index contributed by atoms with van der Waals surface area (Å²) in [4.78, 5) is 35.6. The van der Waals surface area contributed by atoms with Crippen molar-refractivity contribution >= 4 is 29.3 Å². The molecular weight excluding hydrogens is 365 g/mol. The van der Waals surface area contributed by atoms with Crippen molar-refractivity contribution in [1.29, 1.82) is 0 Å². The van der Waals surface area contributed by atoms with Crippen molar-refractivity contribution < 1.29 is 14.0 Å². The zero-order valence-corrected chi connectivity index (χ0v) is 15.4. The number of hydrogen-bond donors (Lipinski definition) is 3. The number of anilines is 3. The third-order valence-electron chi connectivity index (χ3n) is 4.51. The molecule has 0 bridgehead atoms. The van der Waals surface area contributed by atoms with Gasteiger partial charge in [0.1, 0.15) is 23.4 Å². The van der Waals surface area contributed by atoms with Crippen LogP contribution in [0.5, 0.6) is 0 Å². The normalized spacial score (nSPS) is 15.2. The molecule has 0 spiro atoms. The van der Waals surface area contributed by atoms with Crippen molar-refractivity contribution in [2.75, 3.05) is 41.3 Å². The van der Waals surface area contributed by atoms with Crippen LogP contribution in [0, 0.1) is 5.82 Å². The van der Waals surface area contributed by atoms with Crippen LogP contribution in [0.4, 0.5) is 21.8 Å². The number of hydrogen-bond acceptors (Lipinski definition) is 7. The van der Waals surface area contributed by atoms with E-state index in [4.69, 9.17) is 11.5 Å². The monoisotopic (exact) mass is 387 g/mol. The van der Waals surface area contributed by atoms with Gasteiger partial charge >= 0.3 is 0 Å². The van der Waals surface area contributed by atoms with E-state index in [1.165, 1.54) is 18.2 Å². The summed E-state index contributed by atoms with van der Waals surface area (Å²) in [6.45, 7) is 4.15. The minimum Gasteiger partial charge on any atom is -0.368 e. The Kier molecular flexibility index (Phi) is 5.57. The Morgan fingerprint density at radius 2 is 1.68 bits per heavy atom. The number of carbonyl (C=O) groups is 2. The molecule has 2 heterocycles. The highest BCUT2D eigenvalue weighted by Gasteiger charge is 2.22. The molecular formula is C18H22FN7O2. The largest absolute Gasteiger partial charge is 0.368 e. The summed E-state index contributed by atoms with van der Waals surface area (Å²) >= 11 is 0. The number of carbonyl (C=O) groups excluding carboxylic acids is 2.